The Hall–Kier alpha value is -1.83. The van der Waals surface area contributed by atoms with Gasteiger partial charge < -0.3 is 24.8 Å². The van der Waals surface area contributed by atoms with Crippen LogP contribution in [0.3, 0.4) is 0 Å². The molecule has 6 nitrogen and oxygen atoms in total. The van der Waals surface area contributed by atoms with Crippen molar-refractivity contribution in [2.45, 2.75) is 25.6 Å². The number of β-amino-alcohol motifs (C(OH)–C–C–N with tert-alkyl or cyclic N) is 1. The first-order valence-corrected chi connectivity index (χ1v) is 11.3. The van der Waals surface area contributed by atoms with Gasteiger partial charge in [-0.3, -0.25) is 4.90 Å². The van der Waals surface area contributed by atoms with Gasteiger partial charge in [0.15, 0.2) is 11.5 Å². The van der Waals surface area contributed by atoms with Crippen LogP contribution in [0.2, 0.25) is 5.02 Å². The van der Waals surface area contributed by atoms with Crippen LogP contribution in [-0.2, 0) is 13.1 Å². The number of hydrogen-bond donors (Lipinski definition) is 2. The Kier molecular flexibility index (Phi) is 9.43. The lowest BCUT2D eigenvalue weighted by molar-refractivity contribution is 0.0685. The van der Waals surface area contributed by atoms with Gasteiger partial charge in [0.05, 0.1) is 7.11 Å². The van der Waals surface area contributed by atoms with Crippen molar-refractivity contribution in [1.82, 2.24) is 15.1 Å². The van der Waals surface area contributed by atoms with Crippen molar-refractivity contribution >= 4 is 11.6 Å². The molecule has 0 bridgehead atoms. The first kappa shape index (κ1) is 23.8. The maximum atomic E-state index is 10.5. The normalized spacial score (nSPS) is 16.6. The lowest BCUT2D eigenvalue weighted by atomic mass is 10.2. The molecule has 0 saturated carbocycles. The number of ether oxygens (including phenoxy) is 2. The Bertz CT molecular complexity index is 820. The summed E-state index contributed by atoms with van der Waals surface area (Å²) in [6.45, 7) is 6.35. The highest BCUT2D eigenvalue weighted by Gasteiger charge is 2.17. The van der Waals surface area contributed by atoms with Gasteiger partial charge in [-0.05, 0) is 55.9 Å². The summed E-state index contributed by atoms with van der Waals surface area (Å²) in [5.74, 6) is 1.31. The fraction of sp³-hybridized carbons (Fsp3) is 0.500. The number of halogens is 1. The molecule has 0 aromatic heterocycles. The van der Waals surface area contributed by atoms with Crippen LogP contribution in [0.25, 0.3) is 0 Å². The van der Waals surface area contributed by atoms with E-state index in [1.165, 1.54) is 0 Å². The van der Waals surface area contributed by atoms with Crippen LogP contribution in [0.5, 0.6) is 11.5 Å². The van der Waals surface area contributed by atoms with Gasteiger partial charge in [-0.1, -0.05) is 35.9 Å². The number of hydrogen-bond acceptors (Lipinski definition) is 6. The van der Waals surface area contributed by atoms with E-state index < -0.39 is 6.10 Å². The molecule has 1 fully saturated rings. The minimum atomic E-state index is -0.546. The Morgan fingerprint density at radius 2 is 1.90 bits per heavy atom. The van der Waals surface area contributed by atoms with Crippen LogP contribution in [0.15, 0.2) is 42.5 Å². The van der Waals surface area contributed by atoms with Crippen LogP contribution >= 0.6 is 11.6 Å². The van der Waals surface area contributed by atoms with E-state index in [0.29, 0.717) is 31.1 Å². The number of aliphatic hydroxyl groups excluding tert-OH is 1. The molecule has 7 heteroatoms. The zero-order valence-corrected chi connectivity index (χ0v) is 19.3. The highest BCUT2D eigenvalue weighted by atomic mass is 35.5. The number of likely N-dealkylation sites (N-methyl/N-ethyl adjacent to an activating group) is 1. The Morgan fingerprint density at radius 3 is 2.71 bits per heavy atom. The third kappa shape index (κ3) is 7.66. The third-order valence-electron chi connectivity index (χ3n) is 5.54. The first-order chi connectivity index (χ1) is 15.0. The average Bonchev–Trinajstić information content (AvgIpc) is 2.97. The number of aliphatic hydroxyl groups is 1. The topological polar surface area (TPSA) is 57.2 Å². The molecule has 0 aliphatic carbocycles. The smallest absolute Gasteiger partial charge is 0.161 e. The maximum absolute atomic E-state index is 10.5. The molecule has 1 atom stereocenters. The van der Waals surface area contributed by atoms with Crippen LogP contribution in [0.4, 0.5) is 0 Å². The molecule has 1 aliphatic heterocycles. The zero-order chi connectivity index (χ0) is 22.1. The van der Waals surface area contributed by atoms with E-state index in [-0.39, 0.29) is 6.61 Å². The van der Waals surface area contributed by atoms with Gasteiger partial charge in [0, 0.05) is 37.7 Å². The van der Waals surface area contributed by atoms with E-state index in [0.717, 1.165) is 48.7 Å². The summed E-state index contributed by atoms with van der Waals surface area (Å²) in [6.07, 6.45) is 0.580. The minimum Gasteiger partial charge on any atom is -0.493 e. The Balaban J connectivity index is 1.50. The molecule has 2 aromatic carbocycles. The number of nitrogens with zero attached hydrogens (tertiary/aromatic N) is 2. The standard InChI is InChI=1S/C24H34ClN3O3/c1-27-10-5-11-28(13-12-27)17-21(29)18-31-24-14-19(8-9-23(24)30-2)15-26-16-20-6-3-4-7-22(20)25/h3-4,6-9,14,21,26,29H,5,10-13,15-18H2,1-2H3. The fourth-order valence-corrected chi connectivity index (χ4v) is 3.95. The molecule has 2 aromatic rings. The van der Waals surface area contributed by atoms with E-state index in [1.807, 2.05) is 42.5 Å². The quantitative estimate of drug-likeness (QED) is 0.584. The molecule has 1 heterocycles. The number of nitrogens with one attached hydrogen (secondary N) is 1. The summed E-state index contributed by atoms with van der Waals surface area (Å²) in [7, 11) is 3.77. The Morgan fingerprint density at radius 1 is 1.06 bits per heavy atom. The molecule has 1 unspecified atom stereocenters. The van der Waals surface area contributed by atoms with E-state index in [4.69, 9.17) is 21.1 Å². The summed E-state index contributed by atoms with van der Waals surface area (Å²) >= 11 is 6.22. The molecular weight excluding hydrogens is 414 g/mol. The highest BCUT2D eigenvalue weighted by Crippen LogP contribution is 2.28. The molecule has 0 radical (unpaired) electrons. The molecule has 170 valence electrons. The van der Waals surface area contributed by atoms with Gasteiger partial charge in [-0.2, -0.15) is 0 Å². The monoisotopic (exact) mass is 447 g/mol. The van der Waals surface area contributed by atoms with Crippen LogP contribution in [-0.4, -0.2) is 74.5 Å². The van der Waals surface area contributed by atoms with Crippen molar-refractivity contribution < 1.29 is 14.6 Å². The molecule has 3 rings (SSSR count). The van der Waals surface area contributed by atoms with Gasteiger partial charge in [0.2, 0.25) is 0 Å². The average molecular weight is 448 g/mol. The lowest BCUT2D eigenvalue weighted by Gasteiger charge is -2.23. The van der Waals surface area contributed by atoms with Crippen LogP contribution in [0, 0.1) is 0 Å². The number of rotatable bonds is 10. The zero-order valence-electron chi connectivity index (χ0n) is 18.5. The summed E-state index contributed by atoms with van der Waals surface area (Å²) in [4.78, 5) is 4.64. The van der Waals surface area contributed by atoms with Crippen molar-refractivity contribution in [3.05, 3.63) is 58.6 Å². The van der Waals surface area contributed by atoms with Gasteiger partial charge in [0.25, 0.3) is 0 Å². The molecule has 2 N–H and O–H groups in total. The summed E-state index contributed by atoms with van der Waals surface area (Å²) in [6, 6.07) is 13.7. The predicted octanol–water partition coefficient (Wildman–Crippen LogP) is 3.02. The van der Waals surface area contributed by atoms with Gasteiger partial charge in [-0.15, -0.1) is 0 Å². The second-order valence-electron chi connectivity index (χ2n) is 8.10. The van der Waals surface area contributed by atoms with Crippen LogP contribution in [0.1, 0.15) is 17.5 Å². The summed E-state index contributed by atoms with van der Waals surface area (Å²) in [5, 5.41) is 14.7. The van der Waals surface area contributed by atoms with E-state index in [9.17, 15) is 5.11 Å². The third-order valence-corrected chi connectivity index (χ3v) is 5.91. The molecule has 1 saturated heterocycles. The van der Waals surface area contributed by atoms with Crippen molar-refractivity contribution in [3.63, 3.8) is 0 Å². The second-order valence-corrected chi connectivity index (χ2v) is 8.51. The van der Waals surface area contributed by atoms with E-state index >= 15 is 0 Å². The largest absolute Gasteiger partial charge is 0.493 e. The van der Waals surface area contributed by atoms with Gasteiger partial charge >= 0.3 is 0 Å². The lowest BCUT2D eigenvalue weighted by Crippen LogP contribution is -2.37. The number of methoxy groups -OCH3 is 1. The maximum Gasteiger partial charge on any atom is 0.161 e. The number of benzene rings is 2. The second kappa shape index (κ2) is 12.3. The SMILES string of the molecule is COc1ccc(CNCc2ccccc2Cl)cc1OCC(O)CN1CCCN(C)CC1. The summed E-state index contributed by atoms with van der Waals surface area (Å²) < 4.78 is 11.4. The molecule has 0 amide bonds. The molecule has 31 heavy (non-hydrogen) atoms. The van der Waals surface area contributed by atoms with E-state index in [1.54, 1.807) is 7.11 Å². The predicted molar refractivity (Wildman–Crippen MR) is 125 cm³/mol. The molecular formula is C24H34ClN3O3. The van der Waals surface area contributed by atoms with Gasteiger partial charge in [0.1, 0.15) is 12.7 Å². The van der Waals surface area contributed by atoms with Crippen molar-refractivity contribution in [1.29, 1.82) is 0 Å². The molecule has 1 aliphatic rings. The van der Waals surface area contributed by atoms with Gasteiger partial charge in [-0.25, -0.2) is 0 Å². The summed E-state index contributed by atoms with van der Waals surface area (Å²) in [5.41, 5.74) is 2.14. The minimum absolute atomic E-state index is 0.235. The van der Waals surface area contributed by atoms with Crippen molar-refractivity contribution in [2.24, 2.45) is 0 Å². The fourth-order valence-electron chi connectivity index (χ4n) is 3.75. The van der Waals surface area contributed by atoms with Crippen molar-refractivity contribution in [2.75, 3.05) is 53.5 Å². The Labute approximate surface area is 190 Å². The molecule has 0 spiro atoms. The van der Waals surface area contributed by atoms with Crippen molar-refractivity contribution in [3.8, 4) is 11.5 Å². The van der Waals surface area contributed by atoms with E-state index in [2.05, 4.69) is 22.2 Å². The first-order valence-electron chi connectivity index (χ1n) is 10.9. The highest BCUT2D eigenvalue weighted by molar-refractivity contribution is 6.31. The van der Waals surface area contributed by atoms with Crippen LogP contribution < -0.4 is 14.8 Å².